The number of carbonyl (C=O) groups excluding carboxylic acids is 1. The van der Waals surface area contributed by atoms with Crippen molar-refractivity contribution < 1.29 is 9.53 Å². The van der Waals surface area contributed by atoms with E-state index in [1.54, 1.807) is 14.1 Å². The quantitative estimate of drug-likeness (QED) is 0.590. The summed E-state index contributed by atoms with van der Waals surface area (Å²) in [5.41, 5.74) is 7.82. The Bertz CT molecular complexity index is 1120. The molecule has 0 radical (unpaired) electrons. The van der Waals surface area contributed by atoms with Crippen LogP contribution >= 0.6 is 0 Å². The molecule has 0 saturated heterocycles. The number of fused-ring (bicyclic) bond motifs is 1. The second kappa shape index (κ2) is 9.17. The summed E-state index contributed by atoms with van der Waals surface area (Å²) >= 11 is 0. The molecule has 0 bridgehead atoms. The van der Waals surface area contributed by atoms with E-state index >= 15 is 0 Å². The van der Waals surface area contributed by atoms with Crippen LogP contribution in [-0.2, 0) is 17.8 Å². The van der Waals surface area contributed by atoms with Gasteiger partial charge in [0.25, 0.3) is 5.91 Å². The summed E-state index contributed by atoms with van der Waals surface area (Å²) < 4.78 is 6.06. The molecule has 1 aliphatic rings. The molecule has 1 unspecified atom stereocenters. The Kier molecular flexibility index (Phi) is 6.17. The largest absolute Gasteiger partial charge is 0.489 e. The molecule has 4 heteroatoms. The summed E-state index contributed by atoms with van der Waals surface area (Å²) in [6.45, 7) is 2.58. The van der Waals surface area contributed by atoms with Gasteiger partial charge < -0.3 is 10.1 Å². The molecule has 0 saturated carbocycles. The van der Waals surface area contributed by atoms with Gasteiger partial charge in [-0.15, -0.1) is 0 Å². The molecule has 1 aliphatic carbocycles. The summed E-state index contributed by atoms with van der Waals surface area (Å²) in [6, 6.07) is 22.8. The zero-order valence-corrected chi connectivity index (χ0v) is 18.3. The normalized spacial score (nSPS) is 15.5. The summed E-state index contributed by atoms with van der Waals surface area (Å²) in [7, 11) is 3.24. The lowest BCUT2D eigenvalue weighted by atomic mass is 9.92. The molecule has 1 amide bonds. The fraction of sp³-hybridized carbons (Fsp3) is 0.259. The average molecular weight is 413 g/mol. The summed E-state index contributed by atoms with van der Waals surface area (Å²) in [5.74, 6) is 1.07. The van der Waals surface area contributed by atoms with Crippen molar-refractivity contribution in [2.45, 2.75) is 32.3 Å². The Labute approximate surface area is 184 Å². The molecule has 0 heterocycles. The van der Waals surface area contributed by atoms with Crippen LogP contribution in [0, 0.1) is 6.92 Å². The van der Waals surface area contributed by atoms with Crippen molar-refractivity contribution in [2.75, 3.05) is 14.1 Å². The third kappa shape index (κ3) is 4.24. The van der Waals surface area contributed by atoms with Crippen LogP contribution < -0.4 is 10.1 Å². The van der Waals surface area contributed by atoms with Gasteiger partial charge in [-0.25, -0.2) is 0 Å². The van der Waals surface area contributed by atoms with E-state index in [-0.39, 0.29) is 5.91 Å². The third-order valence-corrected chi connectivity index (χ3v) is 6.12. The van der Waals surface area contributed by atoms with Crippen LogP contribution in [0.1, 0.15) is 45.7 Å². The van der Waals surface area contributed by atoms with Gasteiger partial charge in [0.15, 0.2) is 0 Å². The zero-order chi connectivity index (χ0) is 21.8. The summed E-state index contributed by atoms with van der Waals surface area (Å²) in [5, 5.41) is 2.65. The van der Waals surface area contributed by atoms with Gasteiger partial charge >= 0.3 is 0 Å². The number of carbonyl (C=O) groups is 1. The van der Waals surface area contributed by atoms with Crippen molar-refractivity contribution in [3.63, 3.8) is 0 Å². The molecule has 1 atom stereocenters. The van der Waals surface area contributed by atoms with Crippen LogP contribution in [0.5, 0.6) is 5.75 Å². The number of amides is 1. The van der Waals surface area contributed by atoms with Gasteiger partial charge in [-0.2, -0.15) is 0 Å². The second-order valence-electron chi connectivity index (χ2n) is 7.90. The van der Waals surface area contributed by atoms with Gasteiger partial charge in [0, 0.05) is 25.6 Å². The first-order valence-corrected chi connectivity index (χ1v) is 10.7. The maximum absolute atomic E-state index is 12.2. The van der Waals surface area contributed by atoms with Crippen LogP contribution in [0.25, 0.3) is 0 Å². The van der Waals surface area contributed by atoms with Gasteiger partial charge in [0.2, 0.25) is 0 Å². The summed E-state index contributed by atoms with van der Waals surface area (Å²) in [6.07, 6.45) is 2.31. The number of aryl methyl sites for hydroxylation is 1. The molecule has 31 heavy (non-hydrogen) atoms. The number of hydrogen-bond acceptors (Lipinski definition) is 3. The van der Waals surface area contributed by atoms with Crippen molar-refractivity contribution in [3.05, 3.63) is 100 Å². The molecule has 0 aliphatic heterocycles. The number of nitrogens with zero attached hydrogens (tertiary/aromatic N) is 1. The van der Waals surface area contributed by atoms with Crippen molar-refractivity contribution in [3.8, 4) is 5.75 Å². The number of nitrogens with one attached hydrogen (secondary N) is 1. The first-order valence-electron chi connectivity index (χ1n) is 10.7. The van der Waals surface area contributed by atoms with Crippen LogP contribution in [0.3, 0.4) is 0 Å². The van der Waals surface area contributed by atoms with Crippen molar-refractivity contribution in [2.24, 2.45) is 4.99 Å². The van der Waals surface area contributed by atoms with E-state index in [1.807, 2.05) is 36.4 Å². The molecule has 0 aromatic heterocycles. The Morgan fingerprint density at radius 3 is 2.58 bits per heavy atom. The van der Waals surface area contributed by atoms with Crippen LogP contribution in [0.2, 0.25) is 0 Å². The number of benzene rings is 3. The van der Waals surface area contributed by atoms with Crippen molar-refractivity contribution >= 4 is 11.6 Å². The number of likely N-dealkylation sites (N-methyl/N-ethyl adjacent to an activating group) is 1. The summed E-state index contributed by atoms with van der Waals surface area (Å²) in [4.78, 5) is 16.3. The maximum Gasteiger partial charge on any atom is 0.269 e. The molecule has 0 spiro atoms. The number of aliphatic imine (C=N–C) groups is 1. The van der Waals surface area contributed by atoms with Gasteiger partial charge in [-0.05, 0) is 59.7 Å². The standard InChI is InChI=1S/C27H28N2O2/c1-18-7-6-10-25-22(18)15-16-23(25)19-11-13-21(14-12-19)31-17-20-8-4-5-9-24(20)26(28-2)27(30)29-3/h4-14,23H,15-17H2,1-3H3,(H,29,30). The van der Waals surface area contributed by atoms with Gasteiger partial charge in [0.1, 0.15) is 18.1 Å². The van der Waals surface area contributed by atoms with E-state index in [0.717, 1.165) is 29.7 Å². The molecule has 3 aromatic carbocycles. The predicted molar refractivity (Wildman–Crippen MR) is 125 cm³/mol. The highest BCUT2D eigenvalue weighted by atomic mass is 16.5. The third-order valence-electron chi connectivity index (χ3n) is 6.12. The minimum atomic E-state index is -0.202. The van der Waals surface area contributed by atoms with Crippen molar-refractivity contribution in [1.82, 2.24) is 5.32 Å². The maximum atomic E-state index is 12.2. The fourth-order valence-electron chi connectivity index (χ4n) is 4.48. The smallest absolute Gasteiger partial charge is 0.269 e. The Balaban J connectivity index is 1.49. The fourth-order valence-corrected chi connectivity index (χ4v) is 4.48. The number of rotatable bonds is 6. The van der Waals surface area contributed by atoms with Crippen molar-refractivity contribution in [1.29, 1.82) is 0 Å². The second-order valence-corrected chi connectivity index (χ2v) is 7.90. The Morgan fingerprint density at radius 1 is 1.06 bits per heavy atom. The first-order chi connectivity index (χ1) is 15.1. The molecule has 4 nitrogen and oxygen atoms in total. The lowest BCUT2D eigenvalue weighted by molar-refractivity contribution is -0.114. The molecule has 3 aromatic rings. The van der Waals surface area contributed by atoms with E-state index in [0.29, 0.717) is 18.2 Å². The van der Waals surface area contributed by atoms with E-state index in [2.05, 4.69) is 47.6 Å². The van der Waals surface area contributed by atoms with Gasteiger partial charge in [-0.1, -0.05) is 54.6 Å². The molecular weight excluding hydrogens is 384 g/mol. The van der Waals surface area contributed by atoms with Gasteiger partial charge in [-0.3, -0.25) is 9.79 Å². The van der Waals surface area contributed by atoms with E-state index in [1.165, 1.54) is 22.3 Å². The monoisotopic (exact) mass is 412 g/mol. The number of ether oxygens (including phenoxy) is 1. The van der Waals surface area contributed by atoms with Crippen LogP contribution in [0.4, 0.5) is 0 Å². The van der Waals surface area contributed by atoms with Crippen LogP contribution in [-0.4, -0.2) is 25.7 Å². The average Bonchev–Trinajstić information content (AvgIpc) is 3.24. The topological polar surface area (TPSA) is 50.7 Å². The van der Waals surface area contributed by atoms with E-state index in [4.69, 9.17) is 4.74 Å². The SMILES string of the molecule is CN=C(C(=O)NC)c1ccccc1COc1ccc(C2CCc3c(C)cccc32)cc1. The zero-order valence-electron chi connectivity index (χ0n) is 18.3. The molecular formula is C27H28N2O2. The highest BCUT2D eigenvalue weighted by molar-refractivity contribution is 6.45. The van der Waals surface area contributed by atoms with Crippen LogP contribution in [0.15, 0.2) is 71.7 Å². The minimum Gasteiger partial charge on any atom is -0.489 e. The molecule has 158 valence electrons. The molecule has 0 fully saturated rings. The van der Waals surface area contributed by atoms with E-state index < -0.39 is 0 Å². The minimum absolute atomic E-state index is 0.202. The lowest BCUT2D eigenvalue weighted by Crippen LogP contribution is -2.29. The Hall–Kier alpha value is -3.40. The first kappa shape index (κ1) is 20.9. The highest BCUT2D eigenvalue weighted by Gasteiger charge is 2.24. The van der Waals surface area contributed by atoms with Gasteiger partial charge in [0.05, 0.1) is 0 Å². The lowest BCUT2D eigenvalue weighted by Gasteiger charge is -2.15. The molecule has 1 N–H and O–H groups in total. The predicted octanol–water partition coefficient (Wildman–Crippen LogP) is 4.82. The molecule has 4 rings (SSSR count). The number of hydrogen-bond donors (Lipinski definition) is 1. The van der Waals surface area contributed by atoms with E-state index in [9.17, 15) is 4.79 Å². The Morgan fingerprint density at radius 2 is 1.84 bits per heavy atom. The highest BCUT2D eigenvalue weighted by Crippen LogP contribution is 2.39.